The Hall–Kier alpha value is -2.93. The van der Waals surface area contributed by atoms with Gasteiger partial charge in [0.2, 0.25) is 5.91 Å². The Morgan fingerprint density at radius 1 is 1.18 bits per heavy atom. The Kier molecular flexibility index (Phi) is 6.60. The number of thiazole rings is 1. The van der Waals surface area contributed by atoms with Crippen molar-refractivity contribution in [2.45, 2.75) is 19.8 Å². The number of aryl methyl sites for hydroxylation is 1. The average Bonchev–Trinajstić information content (AvgIpc) is 3.16. The highest BCUT2D eigenvalue weighted by molar-refractivity contribution is 7.14. The highest BCUT2D eigenvalue weighted by atomic mass is 32.1. The molecule has 146 valence electrons. The second-order valence-corrected chi connectivity index (χ2v) is 6.87. The summed E-state index contributed by atoms with van der Waals surface area (Å²) >= 11 is 1.34. The summed E-state index contributed by atoms with van der Waals surface area (Å²) in [5, 5.41) is 5.17. The zero-order valence-corrected chi connectivity index (χ0v) is 16.5. The van der Waals surface area contributed by atoms with E-state index in [0.29, 0.717) is 41.8 Å². The number of ether oxygens (including phenoxy) is 2. The van der Waals surface area contributed by atoms with Crippen LogP contribution in [0.1, 0.15) is 18.9 Å². The van der Waals surface area contributed by atoms with Crippen molar-refractivity contribution in [3.63, 3.8) is 0 Å². The monoisotopic (exact) mass is 400 g/mol. The molecule has 3 aromatic rings. The van der Waals surface area contributed by atoms with E-state index in [9.17, 15) is 9.18 Å². The van der Waals surface area contributed by atoms with E-state index in [0.717, 1.165) is 11.1 Å². The average molecular weight is 400 g/mol. The molecule has 3 rings (SSSR count). The van der Waals surface area contributed by atoms with Gasteiger partial charge < -0.3 is 14.8 Å². The third-order valence-corrected chi connectivity index (χ3v) is 4.82. The third kappa shape index (κ3) is 5.07. The van der Waals surface area contributed by atoms with Crippen molar-refractivity contribution in [1.82, 2.24) is 4.98 Å². The maximum absolute atomic E-state index is 13.0. The Morgan fingerprint density at radius 2 is 1.96 bits per heavy atom. The van der Waals surface area contributed by atoms with Crippen molar-refractivity contribution >= 4 is 22.4 Å². The molecule has 1 aromatic heterocycles. The normalized spacial score (nSPS) is 10.5. The predicted molar refractivity (Wildman–Crippen MR) is 109 cm³/mol. The van der Waals surface area contributed by atoms with Gasteiger partial charge in [0.05, 0.1) is 19.4 Å². The number of carbonyl (C=O) groups is 1. The topological polar surface area (TPSA) is 60.5 Å². The molecule has 1 N–H and O–H groups in total. The van der Waals surface area contributed by atoms with Gasteiger partial charge in [0.25, 0.3) is 0 Å². The van der Waals surface area contributed by atoms with Crippen LogP contribution in [0.5, 0.6) is 11.5 Å². The summed E-state index contributed by atoms with van der Waals surface area (Å²) in [6.07, 6.45) is 0.896. The van der Waals surface area contributed by atoms with Gasteiger partial charge in [0.15, 0.2) is 16.6 Å². The van der Waals surface area contributed by atoms with Gasteiger partial charge in [0, 0.05) is 17.4 Å². The van der Waals surface area contributed by atoms with Crippen molar-refractivity contribution in [3.8, 4) is 22.8 Å². The number of hydrogen-bond acceptors (Lipinski definition) is 5. The quantitative estimate of drug-likeness (QED) is 0.583. The molecule has 28 heavy (non-hydrogen) atoms. The lowest BCUT2D eigenvalue weighted by Crippen LogP contribution is -2.12. The molecule has 0 aliphatic heterocycles. The van der Waals surface area contributed by atoms with E-state index in [1.54, 1.807) is 19.2 Å². The SMILES string of the molecule is CCOc1ccc(CCC(=O)Nc2nc(-c3ccc(F)cc3)cs2)cc1OC. The summed E-state index contributed by atoms with van der Waals surface area (Å²) in [6.45, 7) is 2.48. The van der Waals surface area contributed by atoms with Crippen molar-refractivity contribution in [2.75, 3.05) is 19.0 Å². The minimum Gasteiger partial charge on any atom is -0.493 e. The van der Waals surface area contributed by atoms with Gasteiger partial charge in [0.1, 0.15) is 5.82 Å². The van der Waals surface area contributed by atoms with Crippen molar-refractivity contribution < 1.29 is 18.7 Å². The highest BCUT2D eigenvalue weighted by Crippen LogP contribution is 2.29. The zero-order chi connectivity index (χ0) is 19.9. The van der Waals surface area contributed by atoms with Gasteiger partial charge in [-0.3, -0.25) is 4.79 Å². The van der Waals surface area contributed by atoms with Gasteiger partial charge >= 0.3 is 0 Å². The zero-order valence-electron chi connectivity index (χ0n) is 15.7. The van der Waals surface area contributed by atoms with E-state index in [1.807, 2.05) is 30.5 Å². The van der Waals surface area contributed by atoms with E-state index >= 15 is 0 Å². The van der Waals surface area contributed by atoms with Crippen LogP contribution in [0.4, 0.5) is 9.52 Å². The Balaban J connectivity index is 1.57. The molecule has 0 bridgehead atoms. The molecule has 0 atom stereocenters. The lowest BCUT2D eigenvalue weighted by atomic mass is 10.1. The van der Waals surface area contributed by atoms with Gasteiger partial charge in [-0.25, -0.2) is 9.37 Å². The molecule has 1 heterocycles. The fourth-order valence-electron chi connectivity index (χ4n) is 2.67. The number of amides is 1. The van der Waals surface area contributed by atoms with Crippen LogP contribution in [0.2, 0.25) is 0 Å². The number of anilines is 1. The van der Waals surface area contributed by atoms with E-state index in [2.05, 4.69) is 10.3 Å². The molecule has 0 fully saturated rings. The highest BCUT2D eigenvalue weighted by Gasteiger charge is 2.10. The second kappa shape index (κ2) is 9.32. The number of rotatable bonds is 8. The number of nitrogens with one attached hydrogen (secondary N) is 1. The Labute approximate surface area is 167 Å². The first-order valence-corrected chi connectivity index (χ1v) is 9.78. The van der Waals surface area contributed by atoms with Crippen LogP contribution in [0, 0.1) is 5.82 Å². The first kappa shape index (κ1) is 19.8. The van der Waals surface area contributed by atoms with Crippen LogP contribution in [-0.4, -0.2) is 24.6 Å². The summed E-state index contributed by atoms with van der Waals surface area (Å²) in [5.74, 6) is 0.934. The van der Waals surface area contributed by atoms with E-state index in [-0.39, 0.29) is 11.7 Å². The minimum absolute atomic E-state index is 0.118. The summed E-state index contributed by atoms with van der Waals surface area (Å²) < 4.78 is 23.9. The molecular weight excluding hydrogens is 379 g/mol. The van der Waals surface area contributed by atoms with Gasteiger partial charge in [-0.1, -0.05) is 6.07 Å². The molecule has 0 radical (unpaired) electrons. The number of methoxy groups -OCH3 is 1. The number of halogens is 1. The molecule has 0 unspecified atom stereocenters. The molecule has 0 saturated carbocycles. The van der Waals surface area contributed by atoms with Gasteiger partial charge in [-0.15, -0.1) is 11.3 Å². The van der Waals surface area contributed by atoms with Crippen LogP contribution in [-0.2, 0) is 11.2 Å². The van der Waals surface area contributed by atoms with Crippen LogP contribution in [0.15, 0.2) is 47.8 Å². The van der Waals surface area contributed by atoms with Crippen LogP contribution >= 0.6 is 11.3 Å². The number of aromatic nitrogens is 1. The summed E-state index contributed by atoms with van der Waals surface area (Å²) in [6, 6.07) is 11.8. The maximum atomic E-state index is 13.0. The largest absolute Gasteiger partial charge is 0.493 e. The summed E-state index contributed by atoms with van der Waals surface area (Å²) in [5.41, 5.74) is 2.50. The maximum Gasteiger partial charge on any atom is 0.226 e. The summed E-state index contributed by atoms with van der Waals surface area (Å²) in [7, 11) is 1.59. The smallest absolute Gasteiger partial charge is 0.226 e. The third-order valence-electron chi connectivity index (χ3n) is 4.06. The molecule has 0 spiro atoms. The van der Waals surface area contributed by atoms with Gasteiger partial charge in [-0.2, -0.15) is 0 Å². The Bertz CT molecular complexity index is 941. The molecule has 5 nitrogen and oxygen atoms in total. The van der Waals surface area contributed by atoms with Gasteiger partial charge in [-0.05, 0) is 55.3 Å². The molecule has 2 aromatic carbocycles. The lowest BCUT2D eigenvalue weighted by molar-refractivity contribution is -0.116. The molecule has 0 saturated heterocycles. The number of nitrogens with zero attached hydrogens (tertiary/aromatic N) is 1. The van der Waals surface area contributed by atoms with Crippen molar-refractivity contribution in [3.05, 3.63) is 59.2 Å². The number of benzene rings is 2. The Morgan fingerprint density at radius 3 is 2.68 bits per heavy atom. The lowest BCUT2D eigenvalue weighted by Gasteiger charge is -2.10. The fraction of sp³-hybridized carbons (Fsp3) is 0.238. The van der Waals surface area contributed by atoms with Crippen LogP contribution in [0.3, 0.4) is 0 Å². The van der Waals surface area contributed by atoms with E-state index in [1.165, 1.54) is 23.5 Å². The second-order valence-electron chi connectivity index (χ2n) is 6.01. The van der Waals surface area contributed by atoms with E-state index < -0.39 is 0 Å². The number of carbonyl (C=O) groups excluding carboxylic acids is 1. The fourth-order valence-corrected chi connectivity index (χ4v) is 3.40. The first-order valence-electron chi connectivity index (χ1n) is 8.90. The minimum atomic E-state index is -0.293. The predicted octanol–water partition coefficient (Wildman–Crippen LogP) is 4.93. The molecule has 0 aliphatic rings. The number of hydrogen-bond donors (Lipinski definition) is 1. The molecule has 7 heteroatoms. The van der Waals surface area contributed by atoms with Crippen molar-refractivity contribution in [1.29, 1.82) is 0 Å². The van der Waals surface area contributed by atoms with Crippen LogP contribution in [0.25, 0.3) is 11.3 Å². The van der Waals surface area contributed by atoms with E-state index in [4.69, 9.17) is 9.47 Å². The summed E-state index contributed by atoms with van der Waals surface area (Å²) in [4.78, 5) is 16.6. The standard InChI is InChI=1S/C21H21FN2O3S/c1-3-27-18-10-4-14(12-19(18)26-2)5-11-20(25)24-21-23-17(13-28-21)15-6-8-16(22)9-7-15/h4,6-10,12-13H,3,5,11H2,1-2H3,(H,23,24,25). The van der Waals surface area contributed by atoms with Crippen LogP contribution < -0.4 is 14.8 Å². The molecule has 1 amide bonds. The van der Waals surface area contributed by atoms with Crippen molar-refractivity contribution in [2.24, 2.45) is 0 Å². The molecular formula is C21H21FN2O3S. The molecule has 0 aliphatic carbocycles. The first-order chi connectivity index (χ1) is 13.6.